The second kappa shape index (κ2) is 8.02. The van der Waals surface area contributed by atoms with E-state index >= 15 is 0 Å². The Hall–Kier alpha value is -0.180. The molecule has 0 fully saturated rings. The molecule has 0 saturated heterocycles. The molecule has 0 spiro atoms. The monoisotopic (exact) mass is 271 g/mol. The summed E-state index contributed by atoms with van der Waals surface area (Å²) in [6.07, 6.45) is 1.24. The van der Waals surface area contributed by atoms with Crippen molar-refractivity contribution in [1.29, 1.82) is 0 Å². The molecule has 0 radical (unpaired) electrons. The Balaban J connectivity index is 2.55. The number of nitrogens with one attached hydrogen (secondary N) is 1. The van der Waals surface area contributed by atoms with Crippen molar-refractivity contribution in [2.75, 3.05) is 12.3 Å². The van der Waals surface area contributed by atoms with Crippen molar-refractivity contribution in [3.8, 4) is 0 Å². The van der Waals surface area contributed by atoms with Gasteiger partial charge in [0.2, 0.25) is 0 Å². The molecule has 1 rings (SSSR count). The Morgan fingerprint density at radius 3 is 2.71 bits per heavy atom. The van der Waals surface area contributed by atoms with Gasteiger partial charge in [-0.15, -0.1) is 11.8 Å². The zero-order valence-corrected chi connectivity index (χ0v) is 12.5. The molecule has 1 aromatic rings. The van der Waals surface area contributed by atoms with Gasteiger partial charge in [-0.1, -0.05) is 44.9 Å². The maximum Gasteiger partial charge on any atom is 0.0462 e. The van der Waals surface area contributed by atoms with E-state index in [0.29, 0.717) is 0 Å². The van der Waals surface area contributed by atoms with E-state index in [4.69, 9.17) is 11.6 Å². The fourth-order valence-electron chi connectivity index (χ4n) is 1.38. The lowest BCUT2D eigenvalue weighted by atomic mass is 10.2. The van der Waals surface area contributed by atoms with Crippen LogP contribution < -0.4 is 5.32 Å². The molecule has 0 aliphatic heterocycles. The van der Waals surface area contributed by atoms with Crippen molar-refractivity contribution < 1.29 is 0 Å². The van der Waals surface area contributed by atoms with E-state index in [2.05, 4.69) is 44.3 Å². The van der Waals surface area contributed by atoms with Crippen LogP contribution >= 0.6 is 23.4 Å². The third-order valence-corrected chi connectivity index (χ3v) is 4.50. The maximum atomic E-state index is 6.26. The fourth-order valence-corrected chi connectivity index (χ4v) is 2.77. The van der Waals surface area contributed by atoms with Crippen molar-refractivity contribution in [3.05, 3.63) is 28.8 Å². The van der Waals surface area contributed by atoms with Crippen LogP contribution in [0.4, 0.5) is 0 Å². The summed E-state index contributed by atoms with van der Waals surface area (Å²) in [7, 11) is 0. The lowest BCUT2D eigenvalue weighted by Gasteiger charge is -2.10. The van der Waals surface area contributed by atoms with Crippen molar-refractivity contribution in [2.45, 2.75) is 38.6 Å². The maximum absolute atomic E-state index is 6.26. The van der Waals surface area contributed by atoms with E-state index in [9.17, 15) is 0 Å². The number of hydrogen-bond acceptors (Lipinski definition) is 2. The minimum atomic E-state index is 0.764. The lowest BCUT2D eigenvalue weighted by molar-refractivity contribution is 0.637. The molecule has 17 heavy (non-hydrogen) atoms. The van der Waals surface area contributed by atoms with Crippen LogP contribution in [0.1, 0.15) is 32.8 Å². The summed E-state index contributed by atoms with van der Waals surface area (Å²) in [6.45, 7) is 8.45. The number of halogens is 1. The Bertz CT molecular complexity index is 341. The highest BCUT2D eigenvalue weighted by Crippen LogP contribution is 2.26. The molecule has 1 unspecified atom stereocenters. The topological polar surface area (TPSA) is 12.0 Å². The van der Waals surface area contributed by atoms with Gasteiger partial charge in [0.15, 0.2) is 0 Å². The highest BCUT2D eigenvalue weighted by Gasteiger charge is 2.04. The summed E-state index contributed by atoms with van der Waals surface area (Å²) in [4.78, 5) is 1.27. The molecule has 1 N–H and O–H groups in total. The van der Waals surface area contributed by atoms with E-state index in [-0.39, 0.29) is 0 Å². The van der Waals surface area contributed by atoms with Crippen LogP contribution in [0.5, 0.6) is 0 Å². The first-order valence-electron chi connectivity index (χ1n) is 6.29. The summed E-state index contributed by atoms with van der Waals surface area (Å²) in [5.74, 6) is 1.93. The van der Waals surface area contributed by atoms with Crippen LogP contribution in [0, 0.1) is 5.92 Å². The summed E-state index contributed by atoms with van der Waals surface area (Å²) >= 11 is 8.16. The Morgan fingerprint density at radius 1 is 1.35 bits per heavy atom. The van der Waals surface area contributed by atoms with Gasteiger partial charge < -0.3 is 5.32 Å². The molecule has 1 atom stereocenters. The molecule has 3 heteroatoms. The van der Waals surface area contributed by atoms with Gasteiger partial charge >= 0.3 is 0 Å². The molecule has 0 aliphatic carbocycles. The van der Waals surface area contributed by atoms with E-state index in [1.54, 1.807) is 0 Å². The van der Waals surface area contributed by atoms with E-state index < -0.39 is 0 Å². The Morgan fingerprint density at radius 2 is 2.12 bits per heavy atom. The van der Waals surface area contributed by atoms with Gasteiger partial charge in [-0.3, -0.25) is 0 Å². The second-order valence-corrected chi connectivity index (χ2v) is 5.86. The van der Waals surface area contributed by atoms with Gasteiger partial charge in [-0.25, -0.2) is 0 Å². The third-order valence-electron chi connectivity index (χ3n) is 2.82. The first-order chi connectivity index (χ1) is 8.17. The van der Waals surface area contributed by atoms with Crippen molar-refractivity contribution in [3.63, 3.8) is 0 Å². The second-order valence-electron chi connectivity index (χ2n) is 4.36. The van der Waals surface area contributed by atoms with Crippen molar-refractivity contribution >= 4 is 23.4 Å². The normalized spacial score (nSPS) is 12.7. The molecule has 0 aromatic heterocycles. The zero-order valence-electron chi connectivity index (χ0n) is 10.9. The Kier molecular flexibility index (Phi) is 7.02. The molecule has 0 aliphatic rings. The van der Waals surface area contributed by atoms with Gasteiger partial charge in [0.25, 0.3) is 0 Å². The number of benzene rings is 1. The molecule has 0 amide bonds. The predicted octanol–water partition coefficient (Wildman–Crippen LogP) is 4.59. The summed E-state index contributed by atoms with van der Waals surface area (Å²) in [5, 5.41) is 4.17. The first-order valence-corrected chi connectivity index (χ1v) is 7.65. The van der Waals surface area contributed by atoms with E-state index in [1.807, 2.05) is 11.8 Å². The average Bonchev–Trinajstić information content (AvgIpc) is 2.34. The van der Waals surface area contributed by atoms with Crippen LogP contribution in [-0.2, 0) is 6.54 Å². The zero-order chi connectivity index (χ0) is 12.7. The van der Waals surface area contributed by atoms with E-state index in [1.165, 1.54) is 22.6 Å². The number of rotatable bonds is 7. The molecular weight excluding hydrogens is 250 g/mol. The molecule has 1 aromatic carbocycles. The van der Waals surface area contributed by atoms with Gasteiger partial charge in [-0.2, -0.15) is 0 Å². The smallest absolute Gasteiger partial charge is 0.0462 e. The molecular formula is C14H22ClNS. The highest BCUT2D eigenvalue weighted by molar-refractivity contribution is 7.99. The predicted molar refractivity (Wildman–Crippen MR) is 79.0 cm³/mol. The van der Waals surface area contributed by atoms with E-state index in [0.717, 1.165) is 24.0 Å². The van der Waals surface area contributed by atoms with Crippen LogP contribution in [0.2, 0.25) is 5.02 Å². The summed E-state index contributed by atoms with van der Waals surface area (Å²) in [5.41, 5.74) is 1.18. The van der Waals surface area contributed by atoms with Crippen molar-refractivity contribution in [2.24, 2.45) is 5.92 Å². The summed E-state index contributed by atoms with van der Waals surface area (Å²) in [6, 6.07) is 6.39. The lowest BCUT2D eigenvalue weighted by Crippen LogP contribution is -2.11. The molecule has 0 bridgehead atoms. The van der Waals surface area contributed by atoms with Gasteiger partial charge in [-0.05, 0) is 30.2 Å². The molecule has 0 heterocycles. The first kappa shape index (κ1) is 14.9. The minimum Gasteiger partial charge on any atom is -0.313 e. The number of thioether (sulfide) groups is 1. The quantitative estimate of drug-likeness (QED) is 0.728. The third kappa shape index (κ3) is 5.33. The van der Waals surface area contributed by atoms with Crippen molar-refractivity contribution in [1.82, 2.24) is 5.32 Å². The SMILES string of the molecule is CCNCc1ccc(SCC(C)CC)cc1Cl. The molecule has 96 valence electrons. The average molecular weight is 272 g/mol. The van der Waals surface area contributed by atoms with Gasteiger partial charge in [0.05, 0.1) is 0 Å². The van der Waals surface area contributed by atoms with Crippen LogP contribution in [0.3, 0.4) is 0 Å². The largest absolute Gasteiger partial charge is 0.313 e. The standard InChI is InChI=1S/C14H22ClNS/c1-4-11(3)10-17-13-7-6-12(9-16-5-2)14(15)8-13/h6-8,11,16H,4-5,9-10H2,1-3H3. The fraction of sp³-hybridized carbons (Fsp3) is 0.571. The van der Waals surface area contributed by atoms with Crippen LogP contribution in [0.15, 0.2) is 23.1 Å². The number of hydrogen-bond donors (Lipinski definition) is 1. The Labute approximate surface area is 114 Å². The minimum absolute atomic E-state index is 0.764. The van der Waals surface area contributed by atoms with Gasteiger partial charge in [0, 0.05) is 22.2 Å². The van der Waals surface area contributed by atoms with Gasteiger partial charge in [0.1, 0.15) is 0 Å². The molecule has 1 nitrogen and oxygen atoms in total. The molecule has 0 saturated carbocycles. The van der Waals surface area contributed by atoms with Crippen LogP contribution in [-0.4, -0.2) is 12.3 Å². The summed E-state index contributed by atoms with van der Waals surface area (Å²) < 4.78 is 0. The highest BCUT2D eigenvalue weighted by atomic mass is 35.5. The van der Waals surface area contributed by atoms with Crippen LogP contribution in [0.25, 0.3) is 0 Å².